The van der Waals surface area contributed by atoms with Gasteiger partial charge in [0.1, 0.15) is 0 Å². The van der Waals surface area contributed by atoms with Crippen molar-refractivity contribution in [3.8, 4) is 0 Å². The van der Waals surface area contributed by atoms with Crippen LogP contribution in [0.25, 0.3) is 0 Å². The van der Waals surface area contributed by atoms with Crippen molar-refractivity contribution in [1.82, 2.24) is 10.6 Å². The van der Waals surface area contributed by atoms with E-state index in [1.807, 2.05) is 24.3 Å². The number of rotatable bonds is 6. The fourth-order valence-electron chi connectivity index (χ4n) is 2.41. The summed E-state index contributed by atoms with van der Waals surface area (Å²) in [5, 5.41) is 14.9. The molecule has 0 heterocycles. The van der Waals surface area contributed by atoms with Gasteiger partial charge in [-0.05, 0) is 35.7 Å². The van der Waals surface area contributed by atoms with E-state index in [-0.39, 0.29) is 18.4 Å². The van der Waals surface area contributed by atoms with Gasteiger partial charge in [0.15, 0.2) is 0 Å². The van der Waals surface area contributed by atoms with Crippen molar-refractivity contribution in [2.24, 2.45) is 0 Å². The molecule has 2 rings (SSSR count). The molecule has 3 N–H and O–H groups in total. The Morgan fingerprint density at radius 1 is 1.04 bits per heavy atom. The Morgan fingerprint density at radius 3 is 2.21 bits per heavy atom. The maximum absolute atomic E-state index is 12.4. The molecule has 1 atom stereocenters. The number of aliphatic hydroxyl groups is 1. The second-order valence-electron chi connectivity index (χ2n) is 5.46. The van der Waals surface area contributed by atoms with Crippen molar-refractivity contribution in [1.29, 1.82) is 0 Å². The predicted molar refractivity (Wildman–Crippen MR) is 92.9 cm³/mol. The Balaban J connectivity index is 2.15. The van der Waals surface area contributed by atoms with Gasteiger partial charge in [0.05, 0.1) is 12.6 Å². The molecule has 5 heteroatoms. The van der Waals surface area contributed by atoms with Crippen LogP contribution in [0.4, 0.5) is 0 Å². The summed E-state index contributed by atoms with van der Waals surface area (Å²) in [6.07, 6.45) is 0.933. The van der Waals surface area contributed by atoms with Crippen LogP contribution in [0.3, 0.4) is 0 Å². The van der Waals surface area contributed by atoms with Gasteiger partial charge in [-0.1, -0.05) is 37.3 Å². The zero-order valence-electron chi connectivity index (χ0n) is 13.9. The van der Waals surface area contributed by atoms with Gasteiger partial charge in [-0.15, -0.1) is 0 Å². The molecule has 24 heavy (non-hydrogen) atoms. The van der Waals surface area contributed by atoms with Gasteiger partial charge in [-0.3, -0.25) is 9.59 Å². The van der Waals surface area contributed by atoms with E-state index >= 15 is 0 Å². The number of aliphatic hydroxyl groups excluding tert-OH is 1. The van der Waals surface area contributed by atoms with Crippen molar-refractivity contribution in [2.45, 2.75) is 19.4 Å². The third-order valence-corrected chi connectivity index (χ3v) is 3.89. The lowest BCUT2D eigenvalue weighted by molar-refractivity contribution is 0.0916. The highest BCUT2D eigenvalue weighted by atomic mass is 16.3. The molecule has 0 fully saturated rings. The molecular formula is C19H22N2O3. The topological polar surface area (TPSA) is 78.4 Å². The maximum Gasteiger partial charge on any atom is 0.251 e. The van der Waals surface area contributed by atoms with Crippen LogP contribution in [0, 0.1) is 0 Å². The molecule has 0 saturated carbocycles. The second kappa shape index (κ2) is 8.26. The van der Waals surface area contributed by atoms with Crippen LogP contribution in [0.15, 0.2) is 48.5 Å². The normalized spacial score (nSPS) is 11.6. The predicted octanol–water partition coefficient (Wildman–Crippen LogP) is 2.07. The van der Waals surface area contributed by atoms with Crippen molar-refractivity contribution in [3.05, 3.63) is 70.8 Å². The van der Waals surface area contributed by atoms with E-state index in [9.17, 15) is 14.7 Å². The number of carbonyl (C=O) groups is 2. The number of hydrogen-bond acceptors (Lipinski definition) is 3. The fourth-order valence-corrected chi connectivity index (χ4v) is 2.41. The largest absolute Gasteiger partial charge is 0.394 e. The monoisotopic (exact) mass is 326 g/mol. The molecule has 0 aromatic heterocycles. The Bertz CT molecular complexity index is 711. The standard InChI is InChI=1S/C19H22N2O3/c1-3-13-7-9-14(10-8-13)17(12-22)21-19(24)16-6-4-5-15(11-16)18(23)20-2/h4-11,17,22H,3,12H2,1-2H3,(H,20,23)(H,21,24). The molecule has 0 aliphatic heterocycles. The van der Waals surface area contributed by atoms with E-state index in [4.69, 9.17) is 0 Å². The molecule has 5 nitrogen and oxygen atoms in total. The Labute approximate surface area is 141 Å². The van der Waals surface area contributed by atoms with Crippen LogP contribution in [-0.4, -0.2) is 30.6 Å². The van der Waals surface area contributed by atoms with Gasteiger partial charge in [-0.2, -0.15) is 0 Å². The molecule has 126 valence electrons. The average Bonchev–Trinajstić information content (AvgIpc) is 2.65. The first-order valence-electron chi connectivity index (χ1n) is 7.91. The number of hydrogen-bond donors (Lipinski definition) is 3. The van der Waals surface area contributed by atoms with Crippen LogP contribution in [-0.2, 0) is 6.42 Å². The lowest BCUT2D eigenvalue weighted by Crippen LogP contribution is -2.31. The third-order valence-electron chi connectivity index (χ3n) is 3.89. The highest BCUT2D eigenvalue weighted by Crippen LogP contribution is 2.15. The number of carbonyl (C=O) groups excluding carboxylic acids is 2. The highest BCUT2D eigenvalue weighted by Gasteiger charge is 2.16. The average molecular weight is 326 g/mol. The fraction of sp³-hybridized carbons (Fsp3) is 0.263. The Morgan fingerprint density at radius 2 is 1.67 bits per heavy atom. The maximum atomic E-state index is 12.4. The Kier molecular flexibility index (Phi) is 6.09. The summed E-state index contributed by atoms with van der Waals surface area (Å²) in [6, 6.07) is 13.7. The summed E-state index contributed by atoms with van der Waals surface area (Å²) in [4.78, 5) is 24.1. The number of nitrogens with one attached hydrogen (secondary N) is 2. The van der Waals surface area contributed by atoms with E-state index in [0.29, 0.717) is 11.1 Å². The van der Waals surface area contributed by atoms with E-state index in [1.165, 1.54) is 18.7 Å². The lowest BCUT2D eigenvalue weighted by atomic mass is 10.0. The van der Waals surface area contributed by atoms with E-state index in [0.717, 1.165) is 12.0 Å². The van der Waals surface area contributed by atoms with Gasteiger partial charge >= 0.3 is 0 Å². The van der Waals surface area contributed by atoms with Crippen molar-refractivity contribution >= 4 is 11.8 Å². The van der Waals surface area contributed by atoms with Crippen molar-refractivity contribution in [3.63, 3.8) is 0 Å². The van der Waals surface area contributed by atoms with Crippen molar-refractivity contribution in [2.75, 3.05) is 13.7 Å². The molecule has 2 amide bonds. The molecule has 2 aromatic rings. The van der Waals surface area contributed by atoms with E-state index in [2.05, 4.69) is 17.6 Å². The third kappa shape index (κ3) is 4.20. The van der Waals surface area contributed by atoms with Gasteiger partial charge < -0.3 is 15.7 Å². The first kappa shape index (κ1) is 17.7. The molecule has 0 saturated heterocycles. The van der Waals surface area contributed by atoms with Gasteiger partial charge in [0.2, 0.25) is 0 Å². The van der Waals surface area contributed by atoms with Gasteiger partial charge in [-0.25, -0.2) is 0 Å². The van der Waals surface area contributed by atoms with E-state index in [1.54, 1.807) is 18.2 Å². The smallest absolute Gasteiger partial charge is 0.251 e. The molecule has 0 aliphatic carbocycles. The quantitative estimate of drug-likeness (QED) is 0.760. The van der Waals surface area contributed by atoms with Crippen molar-refractivity contribution < 1.29 is 14.7 Å². The first-order valence-corrected chi connectivity index (χ1v) is 7.91. The molecule has 0 radical (unpaired) electrons. The molecule has 1 unspecified atom stereocenters. The van der Waals surface area contributed by atoms with Crippen LogP contribution in [0.1, 0.15) is 44.8 Å². The SMILES string of the molecule is CCc1ccc(C(CO)NC(=O)c2cccc(C(=O)NC)c2)cc1. The van der Waals surface area contributed by atoms with E-state index < -0.39 is 6.04 Å². The lowest BCUT2D eigenvalue weighted by Gasteiger charge is -2.17. The minimum Gasteiger partial charge on any atom is -0.394 e. The highest BCUT2D eigenvalue weighted by molar-refractivity contribution is 5.99. The number of amides is 2. The zero-order chi connectivity index (χ0) is 17.5. The summed E-state index contributed by atoms with van der Waals surface area (Å²) in [5.74, 6) is -0.585. The summed E-state index contributed by atoms with van der Waals surface area (Å²) in [5.41, 5.74) is 2.82. The van der Waals surface area contributed by atoms with Gasteiger partial charge in [0.25, 0.3) is 11.8 Å². The van der Waals surface area contributed by atoms with Gasteiger partial charge in [0, 0.05) is 18.2 Å². The molecule has 2 aromatic carbocycles. The summed E-state index contributed by atoms with van der Waals surface area (Å²) < 4.78 is 0. The molecule has 0 bridgehead atoms. The minimum absolute atomic E-state index is 0.202. The van der Waals surface area contributed by atoms with Crippen LogP contribution >= 0.6 is 0 Å². The minimum atomic E-state index is -0.493. The molecular weight excluding hydrogens is 304 g/mol. The summed E-state index contributed by atoms with van der Waals surface area (Å²) in [6.45, 7) is 1.87. The Hall–Kier alpha value is -2.66. The van der Waals surface area contributed by atoms with Crippen LogP contribution in [0.2, 0.25) is 0 Å². The number of benzene rings is 2. The van der Waals surface area contributed by atoms with Crippen LogP contribution < -0.4 is 10.6 Å². The number of aryl methyl sites for hydroxylation is 1. The first-order chi connectivity index (χ1) is 11.6. The van der Waals surface area contributed by atoms with Crippen LogP contribution in [0.5, 0.6) is 0 Å². The summed E-state index contributed by atoms with van der Waals surface area (Å²) in [7, 11) is 1.54. The summed E-state index contributed by atoms with van der Waals surface area (Å²) >= 11 is 0. The second-order valence-corrected chi connectivity index (χ2v) is 5.46. The molecule has 0 aliphatic rings. The molecule has 0 spiro atoms. The zero-order valence-corrected chi connectivity index (χ0v) is 13.9.